The Morgan fingerprint density at radius 3 is 1.68 bits per heavy atom. The van der Waals surface area contributed by atoms with E-state index in [0.29, 0.717) is 23.4 Å². The first-order chi connectivity index (χ1) is 27.2. The Bertz CT molecular complexity index is 2270. The molecular formula is C44H69N13O2. The lowest BCUT2D eigenvalue weighted by Crippen LogP contribution is -2.45. The second-order valence-corrected chi connectivity index (χ2v) is 17.7. The number of likely N-dealkylation sites (N-methyl/N-ethyl adjacent to an activating group) is 2. The molecular weight excluding hydrogens is 743 g/mol. The van der Waals surface area contributed by atoms with E-state index in [0.717, 1.165) is 40.0 Å². The summed E-state index contributed by atoms with van der Waals surface area (Å²) in [7, 11) is 15.2. The molecule has 0 radical (unpaired) electrons. The van der Waals surface area contributed by atoms with Crippen LogP contribution in [0.3, 0.4) is 0 Å². The van der Waals surface area contributed by atoms with Crippen molar-refractivity contribution in [1.29, 1.82) is 0 Å². The second kappa shape index (κ2) is 18.8. The normalized spacial score (nSPS) is 14.3. The van der Waals surface area contributed by atoms with Gasteiger partial charge < -0.3 is 33.6 Å². The fraction of sp³-hybridized carbons (Fsp3) is 0.500. The highest BCUT2D eigenvalue weighted by Gasteiger charge is 2.27. The van der Waals surface area contributed by atoms with Gasteiger partial charge in [-0.05, 0) is 87.4 Å². The summed E-state index contributed by atoms with van der Waals surface area (Å²) in [5.74, 6) is 4.08. The maximum atomic E-state index is 12.2. The number of hydrogen-bond donors (Lipinski definition) is 0. The summed E-state index contributed by atoms with van der Waals surface area (Å²) in [6.07, 6.45) is 13.0. The Morgan fingerprint density at radius 1 is 0.678 bits per heavy atom. The number of aliphatic imine (C=N–C) groups is 1. The smallest absolute Gasteiger partial charge is 0.264 e. The van der Waals surface area contributed by atoms with Gasteiger partial charge >= 0.3 is 0 Å². The predicted octanol–water partition coefficient (Wildman–Crippen LogP) is 7.05. The van der Waals surface area contributed by atoms with Crippen LogP contribution < -0.4 is 15.4 Å². The monoisotopic (exact) mass is 812 g/mol. The van der Waals surface area contributed by atoms with Crippen molar-refractivity contribution in [2.75, 3.05) is 59.1 Å². The number of aromatic nitrogens is 6. The molecule has 2 aliphatic rings. The number of anilines is 2. The molecule has 0 N–H and O–H groups in total. The highest BCUT2D eigenvalue weighted by atomic mass is 16.2. The minimum Gasteiger partial charge on any atom is -0.363 e. The molecule has 1 amide bonds. The second-order valence-electron chi connectivity index (χ2n) is 17.7. The average Bonchev–Trinajstić information content (AvgIpc) is 3.77. The molecule has 15 nitrogen and oxygen atoms in total. The SMILES string of the molecule is C=C1N(C)C(=O)C=CN1C(C)(C)C.C=C1N=C(N(C)C)C=CN1C(C)(C)C.CC(C)n1ccc2c(=O)n(C)c(N(C)C)nc21.CC(C)n1ccc2c(N(C)C)ncnc21. The van der Waals surface area contributed by atoms with Crippen molar-refractivity contribution in [3.05, 3.63) is 90.6 Å². The van der Waals surface area contributed by atoms with Gasteiger partial charge in [0.2, 0.25) is 5.95 Å². The molecule has 0 unspecified atom stereocenters. The summed E-state index contributed by atoms with van der Waals surface area (Å²) in [6.45, 7) is 28.9. The van der Waals surface area contributed by atoms with Crippen molar-refractivity contribution in [2.45, 2.75) is 92.4 Å². The van der Waals surface area contributed by atoms with E-state index in [4.69, 9.17) is 0 Å². The molecule has 0 atom stereocenters. The van der Waals surface area contributed by atoms with Gasteiger partial charge in [0.05, 0.1) is 10.8 Å². The van der Waals surface area contributed by atoms with Gasteiger partial charge in [-0.2, -0.15) is 4.98 Å². The fourth-order valence-corrected chi connectivity index (χ4v) is 6.26. The first kappa shape index (κ1) is 47.5. The topological polar surface area (TPSA) is 119 Å². The number of nitrogens with zero attached hydrogens (tertiary/aromatic N) is 13. The van der Waals surface area contributed by atoms with Crippen molar-refractivity contribution >= 4 is 45.6 Å². The number of rotatable bonds is 4. The van der Waals surface area contributed by atoms with Gasteiger partial charge in [-0.15, -0.1) is 0 Å². The summed E-state index contributed by atoms with van der Waals surface area (Å²) >= 11 is 0. The molecule has 15 heteroatoms. The van der Waals surface area contributed by atoms with Crippen molar-refractivity contribution < 1.29 is 4.79 Å². The lowest BCUT2D eigenvalue weighted by Gasteiger charge is -2.41. The summed E-state index contributed by atoms with van der Waals surface area (Å²) < 4.78 is 5.75. The Kier molecular flexibility index (Phi) is 15.1. The van der Waals surface area contributed by atoms with Gasteiger partial charge in [0.25, 0.3) is 11.5 Å². The van der Waals surface area contributed by atoms with E-state index < -0.39 is 0 Å². The van der Waals surface area contributed by atoms with Gasteiger partial charge in [-0.25, -0.2) is 15.0 Å². The largest absolute Gasteiger partial charge is 0.363 e. The Morgan fingerprint density at radius 2 is 1.20 bits per heavy atom. The van der Waals surface area contributed by atoms with E-state index in [-0.39, 0.29) is 22.5 Å². The van der Waals surface area contributed by atoms with Crippen molar-refractivity contribution in [1.82, 2.24) is 48.3 Å². The molecule has 6 rings (SSSR count). The van der Waals surface area contributed by atoms with Crippen LogP contribution in [0.1, 0.15) is 81.3 Å². The third-order valence-corrected chi connectivity index (χ3v) is 9.51. The number of amidine groups is 1. The first-order valence-electron chi connectivity index (χ1n) is 19.8. The van der Waals surface area contributed by atoms with Crippen LogP contribution in [0, 0.1) is 0 Å². The lowest BCUT2D eigenvalue weighted by molar-refractivity contribution is -0.125. The van der Waals surface area contributed by atoms with Gasteiger partial charge in [-0.3, -0.25) is 19.1 Å². The molecule has 2 aliphatic heterocycles. The highest BCUT2D eigenvalue weighted by Crippen LogP contribution is 2.26. The fourth-order valence-electron chi connectivity index (χ4n) is 6.26. The van der Waals surface area contributed by atoms with E-state index in [2.05, 4.69) is 124 Å². The summed E-state index contributed by atoms with van der Waals surface area (Å²) in [5.41, 5.74) is 1.76. The van der Waals surface area contributed by atoms with Crippen molar-refractivity contribution in [3.8, 4) is 0 Å². The molecule has 0 aliphatic carbocycles. The van der Waals surface area contributed by atoms with Crippen LogP contribution in [0.15, 0.2) is 90.0 Å². The number of carbonyl (C=O) groups is 1. The third-order valence-electron chi connectivity index (χ3n) is 9.51. The number of hydrogen-bond acceptors (Lipinski definition) is 11. The quantitative estimate of drug-likeness (QED) is 0.212. The molecule has 4 aromatic heterocycles. The van der Waals surface area contributed by atoms with Crippen LogP contribution in [-0.2, 0) is 11.8 Å². The van der Waals surface area contributed by atoms with Gasteiger partial charge in [-0.1, -0.05) is 13.2 Å². The van der Waals surface area contributed by atoms with E-state index in [1.54, 1.807) is 42.2 Å². The zero-order valence-corrected chi connectivity index (χ0v) is 38.9. The third kappa shape index (κ3) is 11.2. The first-order valence-corrected chi connectivity index (χ1v) is 19.8. The standard InChI is InChI=1S/C12H18N4O.C11H16N4.C11H19N3.C10H16N2O/c1-8(2)16-7-6-9-10(16)13-12(14(3)4)15(5)11(9)17;1-8(2)15-6-5-9-10(14(3)4)12-7-13-11(9)15;1-9-12-10(13(5)6)7-8-14(9)11(2,3)4;1-8-11(5)9(13)6-7-12(8)10(2,3)4/h6-8H,1-5H3;5-8H,1-4H3;7-8H,1H2,2-6H3;6-7H,1H2,2-5H3. The number of fused-ring (bicyclic) bond motifs is 2. The molecule has 6 heterocycles. The van der Waals surface area contributed by atoms with Crippen LogP contribution >= 0.6 is 0 Å². The van der Waals surface area contributed by atoms with E-state index in [1.165, 1.54) is 0 Å². The van der Waals surface area contributed by atoms with E-state index in [9.17, 15) is 9.59 Å². The summed E-state index contributed by atoms with van der Waals surface area (Å²) in [6, 6.07) is 4.63. The molecule has 4 aromatic rings. The highest BCUT2D eigenvalue weighted by molar-refractivity contribution is 5.94. The molecule has 322 valence electrons. The van der Waals surface area contributed by atoms with Crippen LogP contribution in [-0.4, -0.2) is 120 Å². The molecule has 0 fully saturated rings. The van der Waals surface area contributed by atoms with Crippen LogP contribution in [0.4, 0.5) is 11.8 Å². The zero-order valence-electron chi connectivity index (χ0n) is 38.9. The van der Waals surface area contributed by atoms with E-state index >= 15 is 0 Å². The minimum absolute atomic E-state index is 0.00176. The van der Waals surface area contributed by atoms with Gasteiger partial charge in [0.1, 0.15) is 40.9 Å². The van der Waals surface area contributed by atoms with E-state index in [1.807, 2.05) is 91.0 Å². The summed E-state index contributed by atoms with van der Waals surface area (Å²) in [4.78, 5) is 52.4. The van der Waals surface area contributed by atoms with Crippen LogP contribution in [0.2, 0.25) is 0 Å². The molecule has 59 heavy (non-hydrogen) atoms. The maximum Gasteiger partial charge on any atom is 0.264 e. The van der Waals surface area contributed by atoms with Crippen molar-refractivity contribution in [2.24, 2.45) is 12.0 Å². The molecule has 0 aromatic carbocycles. The Hall–Kier alpha value is -5.86. The molecule has 0 saturated heterocycles. The molecule has 0 spiro atoms. The number of carbonyl (C=O) groups excluding carboxylic acids is 1. The zero-order chi connectivity index (χ0) is 44.9. The Labute approximate surface area is 351 Å². The number of amides is 1. The summed E-state index contributed by atoms with van der Waals surface area (Å²) in [5, 5.41) is 1.78. The Balaban J connectivity index is 0.000000211. The average molecular weight is 812 g/mol. The van der Waals surface area contributed by atoms with Crippen LogP contribution in [0.25, 0.3) is 22.1 Å². The van der Waals surface area contributed by atoms with Gasteiger partial charge in [0.15, 0.2) is 0 Å². The molecule has 0 saturated carbocycles. The minimum atomic E-state index is -0.0391. The maximum absolute atomic E-state index is 12.2. The molecule has 0 bridgehead atoms. The van der Waals surface area contributed by atoms with Crippen LogP contribution in [0.5, 0.6) is 0 Å². The van der Waals surface area contributed by atoms with Gasteiger partial charge in [0, 0.05) is 110 Å². The lowest BCUT2D eigenvalue weighted by atomic mass is 10.1. The van der Waals surface area contributed by atoms with Crippen molar-refractivity contribution in [3.63, 3.8) is 0 Å². The predicted molar refractivity (Wildman–Crippen MR) is 246 cm³/mol.